The predicted octanol–water partition coefficient (Wildman–Crippen LogP) is 1.82. The molecule has 1 aromatic rings. The number of hydrogen-bond donors (Lipinski definition) is 2. The van der Waals surface area contributed by atoms with Crippen molar-refractivity contribution in [3.63, 3.8) is 0 Å². The Kier molecular flexibility index (Phi) is 8.87. The first-order valence-electron chi connectivity index (χ1n) is 9.68. The lowest BCUT2D eigenvalue weighted by Crippen LogP contribution is -2.32. The predicted molar refractivity (Wildman–Crippen MR) is 111 cm³/mol. The third-order valence-corrected chi connectivity index (χ3v) is 6.64. The molecule has 1 aliphatic heterocycles. The monoisotopic (exact) mass is 426 g/mol. The van der Waals surface area contributed by atoms with Gasteiger partial charge in [0.1, 0.15) is 5.84 Å². The number of aryl methyl sites for hydroxylation is 1. The summed E-state index contributed by atoms with van der Waals surface area (Å²) < 4.78 is 32.6. The van der Waals surface area contributed by atoms with Crippen molar-refractivity contribution in [2.24, 2.45) is 10.9 Å². The molecule has 1 aromatic carbocycles. The van der Waals surface area contributed by atoms with E-state index in [1.165, 1.54) is 10.4 Å². The Morgan fingerprint density at radius 1 is 1.24 bits per heavy atom. The second-order valence-electron chi connectivity index (χ2n) is 6.95. The summed E-state index contributed by atoms with van der Waals surface area (Å²) in [6, 6.07) is 4.83. The van der Waals surface area contributed by atoms with Crippen LogP contribution in [0, 0.1) is 6.92 Å². The fourth-order valence-electron chi connectivity index (χ4n) is 3.00. The van der Waals surface area contributed by atoms with Crippen LogP contribution in [0.4, 0.5) is 5.69 Å². The van der Waals surface area contributed by atoms with E-state index in [0.29, 0.717) is 37.4 Å². The van der Waals surface area contributed by atoms with Gasteiger partial charge in [-0.05, 0) is 37.5 Å². The molecule has 1 heterocycles. The minimum absolute atomic E-state index is 0.208. The summed E-state index contributed by atoms with van der Waals surface area (Å²) in [6.07, 6.45) is 4.20. The van der Waals surface area contributed by atoms with Crippen LogP contribution in [0.25, 0.3) is 0 Å². The Labute approximate surface area is 172 Å². The van der Waals surface area contributed by atoms with Crippen LogP contribution in [0.2, 0.25) is 0 Å². The van der Waals surface area contributed by atoms with Gasteiger partial charge in [-0.2, -0.15) is 4.31 Å². The van der Waals surface area contributed by atoms with E-state index < -0.39 is 15.9 Å². The number of carbonyl (C=O) groups excluding carboxylic acids is 1. The molecule has 0 spiro atoms. The standard InChI is InChI=1S/C19H30N4O5S/c1-15-7-8-16(21-19(24)14-28-22-18(20)9-12-27-2)13-17(15)29(25,26)23-10-5-3-4-6-11-23/h7-8,13H,3-6,9-12,14H2,1-2H3,(H2,20,22)(H,21,24). The van der Waals surface area contributed by atoms with Gasteiger partial charge in [0, 0.05) is 32.3 Å². The molecule has 1 fully saturated rings. The molecule has 1 amide bonds. The fourth-order valence-corrected chi connectivity index (χ4v) is 4.77. The van der Waals surface area contributed by atoms with Gasteiger partial charge in [-0.1, -0.05) is 24.1 Å². The molecule has 0 atom stereocenters. The normalized spacial score (nSPS) is 16.3. The zero-order valence-corrected chi connectivity index (χ0v) is 17.8. The van der Waals surface area contributed by atoms with Crippen LogP contribution in [-0.2, 0) is 24.4 Å². The molecule has 0 aromatic heterocycles. The molecule has 10 heteroatoms. The highest BCUT2D eigenvalue weighted by Gasteiger charge is 2.27. The third kappa shape index (κ3) is 6.98. The maximum Gasteiger partial charge on any atom is 0.265 e. The number of oxime groups is 1. The number of nitrogens with zero attached hydrogens (tertiary/aromatic N) is 2. The molecule has 3 N–H and O–H groups in total. The molecule has 0 saturated carbocycles. The number of amidine groups is 1. The highest BCUT2D eigenvalue weighted by molar-refractivity contribution is 7.89. The Hall–Kier alpha value is -2.17. The molecule has 162 valence electrons. The summed E-state index contributed by atoms with van der Waals surface area (Å²) >= 11 is 0. The Morgan fingerprint density at radius 3 is 2.59 bits per heavy atom. The number of carbonyl (C=O) groups is 1. The van der Waals surface area contributed by atoms with Crippen LogP contribution in [0.5, 0.6) is 0 Å². The summed E-state index contributed by atoms with van der Waals surface area (Å²) in [4.78, 5) is 17.2. The first-order valence-corrected chi connectivity index (χ1v) is 11.1. The van der Waals surface area contributed by atoms with E-state index in [-0.39, 0.29) is 17.3 Å². The highest BCUT2D eigenvalue weighted by atomic mass is 32.2. The number of amides is 1. The van der Waals surface area contributed by atoms with Crippen molar-refractivity contribution in [1.29, 1.82) is 0 Å². The van der Waals surface area contributed by atoms with Crippen molar-refractivity contribution in [3.05, 3.63) is 23.8 Å². The van der Waals surface area contributed by atoms with Crippen molar-refractivity contribution < 1.29 is 22.8 Å². The van der Waals surface area contributed by atoms with Crippen molar-refractivity contribution in [2.45, 2.75) is 43.9 Å². The highest BCUT2D eigenvalue weighted by Crippen LogP contribution is 2.25. The number of ether oxygens (including phenoxy) is 1. The maximum absolute atomic E-state index is 13.1. The molecule has 0 bridgehead atoms. The zero-order chi connectivity index (χ0) is 21.3. The minimum atomic E-state index is -3.61. The Bertz CT molecular complexity index is 818. The number of benzene rings is 1. The second-order valence-corrected chi connectivity index (χ2v) is 8.85. The largest absolute Gasteiger partial charge is 0.384 e. The van der Waals surface area contributed by atoms with Crippen LogP contribution < -0.4 is 11.1 Å². The SMILES string of the molecule is COCC/C(N)=N/OCC(=O)Nc1ccc(C)c(S(=O)(=O)N2CCCCCC2)c1. The molecule has 0 radical (unpaired) electrons. The van der Waals surface area contributed by atoms with E-state index in [9.17, 15) is 13.2 Å². The molecule has 0 aliphatic carbocycles. The lowest BCUT2D eigenvalue weighted by Gasteiger charge is -2.21. The van der Waals surface area contributed by atoms with Gasteiger partial charge in [0.05, 0.1) is 11.5 Å². The summed E-state index contributed by atoms with van der Waals surface area (Å²) in [6.45, 7) is 2.86. The molecule has 2 rings (SSSR count). The lowest BCUT2D eigenvalue weighted by molar-refractivity contribution is -0.120. The van der Waals surface area contributed by atoms with Crippen molar-refractivity contribution in [2.75, 3.05) is 38.7 Å². The third-order valence-electron chi connectivity index (χ3n) is 4.59. The van der Waals surface area contributed by atoms with Gasteiger partial charge in [0.2, 0.25) is 10.0 Å². The van der Waals surface area contributed by atoms with E-state index in [1.807, 2.05) is 0 Å². The molecule has 0 unspecified atom stereocenters. The second kappa shape index (κ2) is 11.1. The Balaban J connectivity index is 2.03. The van der Waals surface area contributed by atoms with Gasteiger partial charge in [0.25, 0.3) is 5.91 Å². The van der Waals surface area contributed by atoms with Gasteiger partial charge in [-0.3, -0.25) is 4.79 Å². The molecular formula is C19H30N4O5S. The van der Waals surface area contributed by atoms with Crippen molar-refractivity contribution in [1.82, 2.24) is 4.31 Å². The molecule has 9 nitrogen and oxygen atoms in total. The summed E-state index contributed by atoms with van der Waals surface area (Å²) in [5.74, 6) is -0.240. The van der Waals surface area contributed by atoms with Crippen LogP contribution in [0.15, 0.2) is 28.3 Å². The number of sulfonamides is 1. The zero-order valence-electron chi connectivity index (χ0n) is 17.0. The summed E-state index contributed by atoms with van der Waals surface area (Å²) in [5, 5.41) is 6.27. The first kappa shape index (κ1) is 23.1. The van der Waals surface area contributed by atoms with Crippen LogP contribution in [0.1, 0.15) is 37.7 Å². The van der Waals surface area contributed by atoms with E-state index in [1.54, 1.807) is 26.2 Å². The molecule has 29 heavy (non-hydrogen) atoms. The van der Waals surface area contributed by atoms with Gasteiger partial charge < -0.3 is 20.6 Å². The molecular weight excluding hydrogens is 396 g/mol. The van der Waals surface area contributed by atoms with Crippen LogP contribution in [0.3, 0.4) is 0 Å². The van der Waals surface area contributed by atoms with E-state index in [4.69, 9.17) is 15.3 Å². The number of methoxy groups -OCH3 is 1. The molecule has 1 aliphatic rings. The van der Waals surface area contributed by atoms with E-state index in [0.717, 1.165) is 25.7 Å². The van der Waals surface area contributed by atoms with Crippen molar-refractivity contribution in [3.8, 4) is 0 Å². The quantitative estimate of drug-likeness (QED) is 0.353. The smallest absolute Gasteiger partial charge is 0.265 e. The lowest BCUT2D eigenvalue weighted by atomic mass is 10.2. The average molecular weight is 427 g/mol. The number of nitrogens with one attached hydrogen (secondary N) is 1. The van der Waals surface area contributed by atoms with Gasteiger partial charge in [-0.25, -0.2) is 8.42 Å². The maximum atomic E-state index is 13.1. The first-order chi connectivity index (χ1) is 13.8. The van der Waals surface area contributed by atoms with Gasteiger partial charge in [0.15, 0.2) is 6.61 Å². The molecule has 1 saturated heterocycles. The minimum Gasteiger partial charge on any atom is -0.384 e. The topological polar surface area (TPSA) is 123 Å². The van der Waals surface area contributed by atoms with Gasteiger partial charge in [-0.15, -0.1) is 0 Å². The summed E-state index contributed by atoms with van der Waals surface area (Å²) in [7, 11) is -2.06. The van der Waals surface area contributed by atoms with Gasteiger partial charge >= 0.3 is 0 Å². The Morgan fingerprint density at radius 2 is 1.93 bits per heavy atom. The number of rotatable bonds is 9. The van der Waals surface area contributed by atoms with Crippen LogP contribution in [-0.4, -0.2) is 57.9 Å². The average Bonchev–Trinajstić information content (AvgIpc) is 2.98. The van der Waals surface area contributed by atoms with Crippen molar-refractivity contribution >= 4 is 27.5 Å². The van der Waals surface area contributed by atoms with E-state index in [2.05, 4.69) is 10.5 Å². The van der Waals surface area contributed by atoms with Crippen LogP contribution >= 0.6 is 0 Å². The number of anilines is 1. The fraction of sp³-hybridized carbons (Fsp3) is 0.579. The summed E-state index contributed by atoms with van der Waals surface area (Å²) in [5.41, 5.74) is 6.63. The number of hydrogen-bond acceptors (Lipinski definition) is 6. The number of nitrogens with two attached hydrogens (primary N) is 1. The van der Waals surface area contributed by atoms with E-state index >= 15 is 0 Å².